The first-order chi connectivity index (χ1) is 19.2. The molecule has 0 unspecified atom stereocenters. The van der Waals surface area contributed by atoms with Gasteiger partial charge in [0, 0.05) is 23.5 Å². The smallest absolute Gasteiger partial charge is 0.199 e. The van der Waals surface area contributed by atoms with Gasteiger partial charge in [0.15, 0.2) is 23.1 Å². The second kappa shape index (κ2) is 10.6. The van der Waals surface area contributed by atoms with E-state index in [1.165, 1.54) is 12.1 Å². The minimum Gasteiger partial charge on any atom is -0.455 e. The van der Waals surface area contributed by atoms with Gasteiger partial charge in [0.1, 0.15) is 11.5 Å². The lowest BCUT2D eigenvalue weighted by Crippen LogP contribution is -2.26. The third kappa shape index (κ3) is 4.68. The van der Waals surface area contributed by atoms with Gasteiger partial charge in [0.05, 0.1) is 33.6 Å². The molecule has 204 valence electrons. The average molecular weight is 537 g/mol. The summed E-state index contributed by atoms with van der Waals surface area (Å²) in [5, 5.41) is 0. The first kappa shape index (κ1) is 26.6. The zero-order valence-corrected chi connectivity index (χ0v) is 22.5. The monoisotopic (exact) mass is 536 g/mol. The second-order valence-electron chi connectivity index (χ2n) is 9.91. The molecule has 0 saturated heterocycles. The second-order valence-corrected chi connectivity index (χ2v) is 9.91. The highest BCUT2D eigenvalue weighted by Gasteiger charge is 2.38. The molecule has 40 heavy (non-hydrogen) atoms. The van der Waals surface area contributed by atoms with E-state index in [-0.39, 0.29) is 56.5 Å². The molecule has 0 atom stereocenters. The van der Waals surface area contributed by atoms with E-state index in [1.54, 1.807) is 12.1 Å². The number of benzene rings is 4. The van der Waals surface area contributed by atoms with Crippen molar-refractivity contribution in [3.8, 4) is 23.0 Å². The number of anilines is 4. The molecular formula is C32H32N4O4. The predicted octanol–water partition coefficient (Wildman–Crippen LogP) is 6.28. The molecule has 1 aliphatic rings. The van der Waals surface area contributed by atoms with E-state index in [0.717, 1.165) is 36.8 Å². The molecule has 0 spiro atoms. The lowest BCUT2D eigenvalue weighted by atomic mass is 9.80. The first-order valence-electron chi connectivity index (χ1n) is 13.3. The molecule has 0 saturated carbocycles. The fourth-order valence-corrected chi connectivity index (χ4v) is 5.13. The summed E-state index contributed by atoms with van der Waals surface area (Å²) in [4.78, 5) is 27.6. The van der Waals surface area contributed by atoms with Crippen molar-refractivity contribution in [1.29, 1.82) is 0 Å². The molecule has 8 heteroatoms. The summed E-state index contributed by atoms with van der Waals surface area (Å²) in [6.07, 6.45) is 3.73. The van der Waals surface area contributed by atoms with E-state index in [2.05, 4.69) is 13.8 Å². The Morgan fingerprint density at radius 3 is 1.38 bits per heavy atom. The maximum absolute atomic E-state index is 14.0. The maximum atomic E-state index is 14.0. The summed E-state index contributed by atoms with van der Waals surface area (Å²) in [6, 6.07) is 18.1. The Bertz CT molecular complexity index is 1540. The Morgan fingerprint density at radius 2 is 0.975 bits per heavy atom. The van der Waals surface area contributed by atoms with Gasteiger partial charge in [-0.3, -0.25) is 9.59 Å². The van der Waals surface area contributed by atoms with Crippen molar-refractivity contribution in [2.24, 2.45) is 0 Å². The average Bonchev–Trinajstić information content (AvgIpc) is 2.92. The zero-order valence-electron chi connectivity index (χ0n) is 22.5. The van der Waals surface area contributed by atoms with Gasteiger partial charge in [0.2, 0.25) is 0 Å². The molecule has 0 heterocycles. The molecule has 0 radical (unpaired) electrons. The van der Waals surface area contributed by atoms with Crippen LogP contribution in [-0.2, 0) is 12.8 Å². The van der Waals surface area contributed by atoms with Crippen LogP contribution in [0.3, 0.4) is 0 Å². The fourth-order valence-electron chi connectivity index (χ4n) is 5.13. The molecule has 0 bridgehead atoms. The molecule has 8 nitrogen and oxygen atoms in total. The molecule has 0 aliphatic heterocycles. The van der Waals surface area contributed by atoms with E-state index in [4.69, 9.17) is 32.4 Å². The molecule has 5 rings (SSSR count). The summed E-state index contributed by atoms with van der Waals surface area (Å²) in [7, 11) is 0. The number of rotatable bonds is 8. The van der Waals surface area contributed by atoms with Crippen LogP contribution in [-0.4, -0.2) is 11.6 Å². The molecule has 8 N–H and O–H groups in total. The number of ketones is 2. The molecular weight excluding hydrogens is 504 g/mol. The van der Waals surface area contributed by atoms with E-state index in [9.17, 15) is 9.59 Å². The van der Waals surface area contributed by atoms with Crippen molar-refractivity contribution in [3.63, 3.8) is 0 Å². The Labute approximate surface area is 232 Å². The van der Waals surface area contributed by atoms with Crippen molar-refractivity contribution in [3.05, 3.63) is 94.0 Å². The number of fused-ring (bicyclic) bond motifs is 2. The molecule has 1 aliphatic carbocycles. The third-order valence-electron chi connectivity index (χ3n) is 6.96. The summed E-state index contributed by atoms with van der Waals surface area (Å²) < 4.78 is 12.1. The van der Waals surface area contributed by atoms with Crippen LogP contribution in [0.25, 0.3) is 0 Å². The third-order valence-corrected chi connectivity index (χ3v) is 6.96. The van der Waals surface area contributed by atoms with Crippen molar-refractivity contribution < 1.29 is 19.1 Å². The predicted molar refractivity (Wildman–Crippen MR) is 158 cm³/mol. The number of carbonyl (C=O) groups is 2. The van der Waals surface area contributed by atoms with Crippen LogP contribution in [0, 0.1) is 0 Å². The number of carbonyl (C=O) groups excluding carboxylic acids is 2. The van der Waals surface area contributed by atoms with Crippen LogP contribution in [0.4, 0.5) is 22.7 Å². The van der Waals surface area contributed by atoms with Crippen molar-refractivity contribution in [1.82, 2.24) is 0 Å². The Morgan fingerprint density at radius 1 is 0.575 bits per heavy atom. The number of aryl methyl sites for hydroxylation is 2. The van der Waals surface area contributed by atoms with Crippen LogP contribution >= 0.6 is 0 Å². The van der Waals surface area contributed by atoms with Crippen molar-refractivity contribution in [2.75, 3.05) is 22.9 Å². The highest BCUT2D eigenvalue weighted by atomic mass is 16.5. The minimum absolute atomic E-state index is 0.00865. The quantitative estimate of drug-likeness (QED) is 0.169. The topological polar surface area (TPSA) is 157 Å². The van der Waals surface area contributed by atoms with Gasteiger partial charge < -0.3 is 32.4 Å². The summed E-state index contributed by atoms with van der Waals surface area (Å²) >= 11 is 0. The number of hydrogen-bond acceptors (Lipinski definition) is 8. The number of hydrogen-bond donors (Lipinski definition) is 4. The Hall–Kier alpha value is -4.98. The Balaban J connectivity index is 1.58. The number of nitrogens with two attached hydrogens (primary N) is 4. The molecule has 0 fully saturated rings. The molecule has 0 amide bonds. The standard InChI is InChI=1S/C32H32N4O4/c1-3-7-17-9-5-11-19(13-17)39-23-15-21(33)25-27(29(23)35)32(38)28-26(31(25)37)22(34)16-24(30(28)36)40-20-12-6-10-18(14-20)8-4-2/h5-6,9-16H,3-4,7-8,33-36H2,1-2H3. The number of nitrogen functional groups attached to an aromatic ring is 4. The van der Waals surface area contributed by atoms with Gasteiger partial charge in [-0.05, 0) is 48.2 Å². The lowest BCUT2D eigenvalue weighted by molar-refractivity contribution is 0.0981. The molecule has 0 aromatic heterocycles. The van der Waals surface area contributed by atoms with E-state index >= 15 is 0 Å². The van der Waals surface area contributed by atoms with Crippen LogP contribution < -0.4 is 32.4 Å². The lowest BCUT2D eigenvalue weighted by Gasteiger charge is -2.25. The van der Waals surface area contributed by atoms with Gasteiger partial charge >= 0.3 is 0 Å². The summed E-state index contributed by atoms with van der Waals surface area (Å²) in [6.45, 7) is 4.18. The van der Waals surface area contributed by atoms with Gasteiger partial charge in [-0.25, -0.2) is 0 Å². The van der Waals surface area contributed by atoms with Gasteiger partial charge in [-0.15, -0.1) is 0 Å². The van der Waals surface area contributed by atoms with E-state index in [1.807, 2.05) is 36.4 Å². The fraction of sp³-hybridized carbons (Fsp3) is 0.188. The SMILES string of the molecule is CCCc1cccc(Oc2cc(N)c3c(c2N)C(=O)c2c(N)c(Oc4cccc(CCC)c4)cc(N)c2C3=O)c1. The minimum atomic E-state index is -0.576. The maximum Gasteiger partial charge on any atom is 0.199 e. The van der Waals surface area contributed by atoms with Gasteiger partial charge in [-0.2, -0.15) is 0 Å². The van der Waals surface area contributed by atoms with Gasteiger partial charge in [0.25, 0.3) is 0 Å². The Kier molecular flexibility index (Phi) is 7.09. The zero-order chi connectivity index (χ0) is 28.6. The highest BCUT2D eigenvalue weighted by molar-refractivity contribution is 6.35. The normalized spacial score (nSPS) is 12.2. The van der Waals surface area contributed by atoms with Crippen LogP contribution in [0.1, 0.15) is 69.7 Å². The highest BCUT2D eigenvalue weighted by Crippen LogP contribution is 2.46. The largest absolute Gasteiger partial charge is 0.455 e. The van der Waals surface area contributed by atoms with Crippen molar-refractivity contribution in [2.45, 2.75) is 39.5 Å². The van der Waals surface area contributed by atoms with Gasteiger partial charge in [-0.1, -0.05) is 51.0 Å². The van der Waals surface area contributed by atoms with Crippen LogP contribution in [0.2, 0.25) is 0 Å². The van der Waals surface area contributed by atoms with Crippen LogP contribution in [0.15, 0.2) is 60.7 Å². The summed E-state index contributed by atoms with van der Waals surface area (Å²) in [5.41, 5.74) is 27.7. The van der Waals surface area contributed by atoms with Crippen LogP contribution in [0.5, 0.6) is 23.0 Å². The van der Waals surface area contributed by atoms with Crippen molar-refractivity contribution >= 4 is 34.3 Å². The van der Waals surface area contributed by atoms with E-state index < -0.39 is 11.6 Å². The number of ether oxygens (including phenoxy) is 2. The molecule has 4 aromatic rings. The molecule has 4 aromatic carbocycles. The first-order valence-corrected chi connectivity index (χ1v) is 13.3. The summed E-state index contributed by atoms with van der Waals surface area (Å²) in [5.74, 6) is 0.301. The van der Waals surface area contributed by atoms with E-state index in [0.29, 0.717) is 11.5 Å².